The van der Waals surface area contributed by atoms with Crippen LogP contribution in [0.15, 0.2) is 16.5 Å². The monoisotopic (exact) mass is 238 g/mol. The zero-order chi connectivity index (χ0) is 12.4. The van der Waals surface area contributed by atoms with Crippen molar-refractivity contribution in [2.24, 2.45) is 11.7 Å². The maximum atomic E-state index is 12.1. The molecular weight excluding hydrogens is 220 g/mol. The van der Waals surface area contributed by atoms with Crippen LogP contribution >= 0.6 is 0 Å². The third-order valence-corrected chi connectivity index (χ3v) is 3.22. The van der Waals surface area contributed by atoms with E-state index in [4.69, 9.17) is 10.2 Å². The summed E-state index contributed by atoms with van der Waals surface area (Å²) in [7, 11) is 0. The van der Waals surface area contributed by atoms with E-state index in [1.54, 1.807) is 17.0 Å². The molecule has 1 saturated heterocycles. The molecule has 0 radical (unpaired) electrons. The SMILES string of the molecule is CC1CN(C(=O)c2ccc(CN)o2)CCC1O. The highest BCUT2D eigenvalue weighted by Gasteiger charge is 2.28. The highest BCUT2D eigenvalue weighted by Crippen LogP contribution is 2.19. The van der Waals surface area contributed by atoms with Gasteiger partial charge in [-0.25, -0.2) is 0 Å². The van der Waals surface area contributed by atoms with E-state index in [9.17, 15) is 9.90 Å². The Morgan fingerprint density at radius 3 is 3.00 bits per heavy atom. The summed E-state index contributed by atoms with van der Waals surface area (Å²) < 4.78 is 5.33. The summed E-state index contributed by atoms with van der Waals surface area (Å²) in [6, 6.07) is 3.37. The molecule has 1 aromatic rings. The Kier molecular flexibility index (Phi) is 3.49. The van der Waals surface area contributed by atoms with Gasteiger partial charge in [0.2, 0.25) is 0 Å². The van der Waals surface area contributed by atoms with Gasteiger partial charge in [-0.1, -0.05) is 6.92 Å². The second kappa shape index (κ2) is 4.89. The molecule has 1 fully saturated rings. The van der Waals surface area contributed by atoms with Gasteiger partial charge in [-0.2, -0.15) is 0 Å². The number of nitrogens with zero attached hydrogens (tertiary/aromatic N) is 1. The van der Waals surface area contributed by atoms with Crippen molar-refractivity contribution < 1.29 is 14.3 Å². The number of aliphatic hydroxyl groups excluding tert-OH is 1. The molecule has 2 atom stereocenters. The smallest absolute Gasteiger partial charge is 0.289 e. The van der Waals surface area contributed by atoms with Gasteiger partial charge in [0.25, 0.3) is 5.91 Å². The molecule has 3 N–H and O–H groups in total. The fourth-order valence-corrected chi connectivity index (χ4v) is 2.08. The van der Waals surface area contributed by atoms with Crippen LogP contribution in [0.5, 0.6) is 0 Å². The van der Waals surface area contributed by atoms with E-state index >= 15 is 0 Å². The lowest BCUT2D eigenvalue weighted by Crippen LogP contribution is -2.44. The molecule has 1 aliphatic heterocycles. The van der Waals surface area contributed by atoms with Crippen molar-refractivity contribution in [3.8, 4) is 0 Å². The Bertz CT molecular complexity index is 402. The summed E-state index contributed by atoms with van der Waals surface area (Å²) >= 11 is 0. The van der Waals surface area contributed by atoms with Crippen LogP contribution in [0, 0.1) is 5.92 Å². The number of aliphatic hydroxyl groups is 1. The van der Waals surface area contributed by atoms with Crippen LogP contribution in [-0.4, -0.2) is 35.1 Å². The molecule has 2 rings (SSSR count). The largest absolute Gasteiger partial charge is 0.455 e. The number of amides is 1. The summed E-state index contributed by atoms with van der Waals surface area (Å²) in [4.78, 5) is 13.8. The van der Waals surface area contributed by atoms with E-state index in [1.807, 2.05) is 6.92 Å². The first kappa shape index (κ1) is 12.1. The van der Waals surface area contributed by atoms with Gasteiger partial charge in [-0.3, -0.25) is 4.79 Å². The fraction of sp³-hybridized carbons (Fsp3) is 0.583. The maximum absolute atomic E-state index is 12.1. The van der Waals surface area contributed by atoms with Crippen molar-refractivity contribution in [3.05, 3.63) is 23.7 Å². The van der Waals surface area contributed by atoms with Crippen molar-refractivity contribution in [1.82, 2.24) is 4.90 Å². The van der Waals surface area contributed by atoms with E-state index in [0.29, 0.717) is 37.6 Å². The molecular formula is C12H18N2O3. The maximum Gasteiger partial charge on any atom is 0.289 e. The number of furan rings is 1. The van der Waals surface area contributed by atoms with Gasteiger partial charge in [-0.05, 0) is 24.5 Å². The van der Waals surface area contributed by atoms with Crippen molar-refractivity contribution in [3.63, 3.8) is 0 Å². The first-order valence-corrected chi connectivity index (χ1v) is 5.88. The minimum absolute atomic E-state index is 0.108. The second-order valence-corrected chi connectivity index (χ2v) is 4.55. The molecule has 94 valence electrons. The van der Waals surface area contributed by atoms with Gasteiger partial charge in [-0.15, -0.1) is 0 Å². The zero-order valence-electron chi connectivity index (χ0n) is 9.93. The highest BCUT2D eigenvalue weighted by molar-refractivity contribution is 5.91. The molecule has 0 bridgehead atoms. The Morgan fingerprint density at radius 2 is 2.41 bits per heavy atom. The zero-order valence-corrected chi connectivity index (χ0v) is 9.93. The number of hydrogen-bond donors (Lipinski definition) is 2. The van der Waals surface area contributed by atoms with E-state index < -0.39 is 0 Å². The molecule has 1 amide bonds. The van der Waals surface area contributed by atoms with Crippen LogP contribution in [0.25, 0.3) is 0 Å². The molecule has 1 aromatic heterocycles. The highest BCUT2D eigenvalue weighted by atomic mass is 16.4. The van der Waals surface area contributed by atoms with Crippen LogP contribution in [0.1, 0.15) is 29.7 Å². The number of hydrogen-bond acceptors (Lipinski definition) is 4. The number of carbonyl (C=O) groups excluding carboxylic acids is 1. The predicted molar refractivity (Wildman–Crippen MR) is 62.3 cm³/mol. The number of likely N-dealkylation sites (tertiary alicyclic amines) is 1. The summed E-state index contributed by atoms with van der Waals surface area (Å²) in [6.07, 6.45) is 0.312. The number of nitrogens with two attached hydrogens (primary N) is 1. The second-order valence-electron chi connectivity index (χ2n) is 4.55. The lowest BCUT2D eigenvalue weighted by Gasteiger charge is -2.33. The van der Waals surface area contributed by atoms with Crippen molar-refractivity contribution in [1.29, 1.82) is 0 Å². The third-order valence-electron chi connectivity index (χ3n) is 3.22. The summed E-state index contributed by atoms with van der Waals surface area (Å²) in [5.74, 6) is 0.924. The Hall–Kier alpha value is -1.33. The summed E-state index contributed by atoms with van der Waals surface area (Å²) in [5.41, 5.74) is 5.43. The van der Waals surface area contributed by atoms with Crippen molar-refractivity contribution in [2.75, 3.05) is 13.1 Å². The first-order chi connectivity index (χ1) is 8.11. The van der Waals surface area contributed by atoms with Crippen LogP contribution in [-0.2, 0) is 6.54 Å². The van der Waals surface area contributed by atoms with Crippen LogP contribution < -0.4 is 5.73 Å². The van der Waals surface area contributed by atoms with Gasteiger partial charge < -0.3 is 20.2 Å². The molecule has 2 heterocycles. The Balaban J connectivity index is 2.05. The van der Waals surface area contributed by atoms with Crippen molar-refractivity contribution in [2.45, 2.75) is 26.0 Å². The predicted octanol–water partition coefficient (Wildman–Crippen LogP) is 0.581. The van der Waals surface area contributed by atoms with Gasteiger partial charge in [0.15, 0.2) is 5.76 Å². The molecule has 0 aliphatic carbocycles. The molecule has 2 unspecified atom stereocenters. The average Bonchev–Trinajstić information content (AvgIpc) is 2.80. The Morgan fingerprint density at radius 1 is 1.65 bits per heavy atom. The number of carbonyl (C=O) groups is 1. The third kappa shape index (κ3) is 2.50. The van der Waals surface area contributed by atoms with E-state index in [1.165, 1.54) is 0 Å². The summed E-state index contributed by atoms with van der Waals surface area (Å²) in [6.45, 7) is 3.38. The van der Waals surface area contributed by atoms with Crippen molar-refractivity contribution >= 4 is 5.91 Å². The van der Waals surface area contributed by atoms with Gasteiger partial charge in [0, 0.05) is 13.1 Å². The molecule has 0 spiro atoms. The molecule has 17 heavy (non-hydrogen) atoms. The number of rotatable bonds is 2. The van der Waals surface area contributed by atoms with E-state index in [0.717, 1.165) is 0 Å². The minimum Gasteiger partial charge on any atom is -0.455 e. The Labute approximate surface area is 100 Å². The quantitative estimate of drug-likeness (QED) is 0.790. The topological polar surface area (TPSA) is 79.7 Å². The minimum atomic E-state index is -0.310. The lowest BCUT2D eigenvalue weighted by atomic mass is 9.96. The normalized spacial score (nSPS) is 25.0. The first-order valence-electron chi connectivity index (χ1n) is 5.88. The molecule has 1 aliphatic rings. The molecule has 0 saturated carbocycles. The van der Waals surface area contributed by atoms with Gasteiger partial charge in [0.1, 0.15) is 5.76 Å². The van der Waals surface area contributed by atoms with Gasteiger partial charge in [0.05, 0.1) is 12.6 Å². The van der Waals surface area contributed by atoms with E-state index in [2.05, 4.69) is 0 Å². The summed E-state index contributed by atoms with van der Waals surface area (Å²) in [5, 5.41) is 9.61. The fourth-order valence-electron chi connectivity index (χ4n) is 2.08. The van der Waals surface area contributed by atoms with Crippen LogP contribution in [0.4, 0.5) is 0 Å². The molecule has 5 heteroatoms. The molecule has 0 aromatic carbocycles. The number of piperidine rings is 1. The standard InChI is InChI=1S/C12H18N2O3/c1-8-7-14(5-4-10(8)15)12(16)11-3-2-9(6-13)17-11/h2-3,8,10,15H,4-7,13H2,1H3. The average molecular weight is 238 g/mol. The molecule has 5 nitrogen and oxygen atoms in total. The van der Waals surface area contributed by atoms with E-state index in [-0.39, 0.29) is 17.9 Å². The van der Waals surface area contributed by atoms with Gasteiger partial charge >= 0.3 is 0 Å². The van der Waals surface area contributed by atoms with Crippen LogP contribution in [0.2, 0.25) is 0 Å². The lowest BCUT2D eigenvalue weighted by molar-refractivity contribution is 0.0278. The van der Waals surface area contributed by atoms with Crippen LogP contribution in [0.3, 0.4) is 0 Å².